The van der Waals surface area contributed by atoms with Gasteiger partial charge in [0.1, 0.15) is 29.4 Å². The van der Waals surface area contributed by atoms with Gasteiger partial charge in [0.2, 0.25) is 5.91 Å². The van der Waals surface area contributed by atoms with Crippen LogP contribution < -0.4 is 10.1 Å². The van der Waals surface area contributed by atoms with E-state index in [1.165, 1.54) is 46.7 Å². The van der Waals surface area contributed by atoms with E-state index < -0.39 is 48.6 Å². The summed E-state index contributed by atoms with van der Waals surface area (Å²) in [5.74, 6) is -1.81. The Hall–Kier alpha value is -4.37. The molecule has 1 fully saturated rings. The number of aromatic nitrogens is 4. The van der Waals surface area contributed by atoms with Gasteiger partial charge in [-0.2, -0.15) is 5.10 Å². The molecule has 44 heavy (non-hydrogen) atoms. The van der Waals surface area contributed by atoms with Crippen LogP contribution in [0.15, 0.2) is 54.0 Å². The normalized spacial score (nSPS) is 13.8. The zero-order valence-corrected chi connectivity index (χ0v) is 24.2. The van der Waals surface area contributed by atoms with Crippen LogP contribution in [-0.4, -0.2) is 55.5 Å². The largest absolute Gasteiger partial charge is 0.419 e. The van der Waals surface area contributed by atoms with Crippen LogP contribution in [-0.2, 0) is 11.3 Å². The number of alkyl halides is 4. The van der Waals surface area contributed by atoms with Gasteiger partial charge in [0.15, 0.2) is 5.75 Å². The fraction of sp³-hybridized carbons (Fsp3) is 0.286. The maximum atomic E-state index is 13.3. The number of benzene rings is 1. The Labute approximate surface area is 256 Å². The first kappa shape index (κ1) is 31.1. The van der Waals surface area contributed by atoms with E-state index in [1.54, 1.807) is 17.5 Å². The third kappa shape index (κ3) is 7.05. The average molecular weight is 651 g/mol. The molecule has 0 spiro atoms. The number of anilines is 1. The van der Waals surface area contributed by atoms with E-state index in [4.69, 9.17) is 16.3 Å². The Morgan fingerprint density at radius 2 is 1.84 bits per heavy atom. The summed E-state index contributed by atoms with van der Waals surface area (Å²) >= 11 is 7.55. The van der Waals surface area contributed by atoms with Gasteiger partial charge in [-0.1, -0.05) is 23.7 Å². The summed E-state index contributed by atoms with van der Waals surface area (Å²) in [5, 5.41) is 8.58. The molecule has 230 valence electrons. The van der Waals surface area contributed by atoms with Crippen LogP contribution in [0.3, 0.4) is 0 Å². The lowest BCUT2D eigenvalue weighted by atomic mass is 9.97. The summed E-state index contributed by atoms with van der Waals surface area (Å²) in [5.41, 5.74) is -1.50. The van der Waals surface area contributed by atoms with Crippen LogP contribution >= 0.6 is 22.9 Å². The first-order valence-electron chi connectivity index (χ1n) is 13.2. The minimum atomic E-state index is -3.06. The number of pyridine rings is 1. The number of carbonyl (C=O) groups excluding carboxylic acids is 3. The molecule has 4 aromatic rings. The maximum absolute atomic E-state index is 13.3. The highest BCUT2D eigenvalue weighted by molar-refractivity contribution is 7.10. The Kier molecular flexibility index (Phi) is 9.54. The van der Waals surface area contributed by atoms with E-state index in [2.05, 4.69) is 20.4 Å². The molecule has 16 heteroatoms. The van der Waals surface area contributed by atoms with Crippen LogP contribution in [0, 0.1) is 0 Å². The maximum Gasteiger partial charge on any atom is 0.362 e. The van der Waals surface area contributed by atoms with Crippen molar-refractivity contribution in [3.63, 3.8) is 0 Å². The minimum Gasteiger partial charge on any atom is -0.419 e. The number of rotatable bonds is 9. The second-order valence-corrected chi connectivity index (χ2v) is 11.0. The average Bonchev–Trinajstić information content (AvgIpc) is 3.66. The number of hydrogen-bond donors (Lipinski definition) is 1. The van der Waals surface area contributed by atoms with Crippen molar-refractivity contribution in [3.05, 3.63) is 86.7 Å². The third-order valence-corrected chi connectivity index (χ3v) is 8.11. The predicted molar refractivity (Wildman–Crippen MR) is 151 cm³/mol. The molecule has 0 saturated carbocycles. The molecule has 0 atom stereocenters. The van der Waals surface area contributed by atoms with Crippen molar-refractivity contribution in [2.24, 2.45) is 0 Å². The van der Waals surface area contributed by atoms with E-state index in [0.29, 0.717) is 41.7 Å². The molecule has 10 nitrogen and oxygen atoms in total. The number of nitrogens with one attached hydrogen (secondary N) is 1. The summed E-state index contributed by atoms with van der Waals surface area (Å²) in [4.78, 5) is 48.3. The van der Waals surface area contributed by atoms with Crippen molar-refractivity contribution in [1.29, 1.82) is 0 Å². The lowest BCUT2D eigenvalue weighted by Crippen LogP contribution is -2.40. The number of carbonyl (C=O) groups is 3. The Morgan fingerprint density at radius 1 is 1.07 bits per heavy atom. The monoisotopic (exact) mass is 650 g/mol. The van der Waals surface area contributed by atoms with Crippen molar-refractivity contribution < 1.29 is 36.7 Å². The van der Waals surface area contributed by atoms with Crippen molar-refractivity contribution in [3.8, 4) is 5.75 Å². The summed E-state index contributed by atoms with van der Waals surface area (Å²) in [6.07, 6.45) is -3.64. The van der Waals surface area contributed by atoms with E-state index in [0.717, 1.165) is 0 Å². The van der Waals surface area contributed by atoms with Crippen LogP contribution in [0.1, 0.15) is 68.9 Å². The van der Waals surface area contributed by atoms with Crippen LogP contribution in [0.4, 0.5) is 23.4 Å². The van der Waals surface area contributed by atoms with Gasteiger partial charge in [-0.05, 0) is 43.2 Å². The number of piperidine rings is 1. The molecule has 5 rings (SSSR count). The van der Waals surface area contributed by atoms with Gasteiger partial charge in [0.25, 0.3) is 18.8 Å². The molecule has 0 bridgehead atoms. The number of likely N-dealkylation sites (tertiary alicyclic amines) is 1. The molecule has 1 saturated heterocycles. The van der Waals surface area contributed by atoms with Crippen molar-refractivity contribution in [2.45, 2.75) is 38.2 Å². The number of hydrogen-bond acceptors (Lipinski definition) is 8. The number of ether oxygens (including phenoxy) is 1. The summed E-state index contributed by atoms with van der Waals surface area (Å²) in [7, 11) is 0. The highest BCUT2D eigenvalue weighted by Gasteiger charge is 2.29. The van der Waals surface area contributed by atoms with Crippen molar-refractivity contribution in [2.75, 3.05) is 18.4 Å². The van der Waals surface area contributed by atoms with Crippen LogP contribution in [0.5, 0.6) is 5.75 Å². The van der Waals surface area contributed by atoms with Gasteiger partial charge in [0, 0.05) is 30.6 Å². The molecule has 0 aliphatic carbocycles. The number of esters is 1. The van der Waals surface area contributed by atoms with Gasteiger partial charge >= 0.3 is 5.97 Å². The van der Waals surface area contributed by atoms with Gasteiger partial charge in [-0.3, -0.25) is 14.3 Å². The number of amides is 2. The highest BCUT2D eigenvalue weighted by atomic mass is 35.5. The minimum absolute atomic E-state index is 0.0102. The smallest absolute Gasteiger partial charge is 0.362 e. The predicted octanol–water partition coefficient (Wildman–Crippen LogP) is 6.14. The number of halogens is 5. The molecule has 1 N–H and O–H groups in total. The SMILES string of the molecule is O=C(Oc1c(Cl)cccc1C(=O)Nc1csc(C2CCN(C(=O)Cn3nc(C(F)F)cc3C(F)F)CC2)n1)c1ccccn1. The number of para-hydroxylation sites is 1. The Balaban J connectivity index is 1.19. The Bertz CT molecular complexity index is 1660. The first-order valence-corrected chi connectivity index (χ1v) is 14.5. The van der Waals surface area contributed by atoms with E-state index in [1.807, 2.05) is 0 Å². The van der Waals surface area contributed by atoms with E-state index in [-0.39, 0.29) is 33.8 Å². The standard InChI is InChI=1S/C28H23ClF4N6O4S/c29-17-5-3-4-16(23(17)43-28(42)18-6-1-2-9-34-18)26(41)35-21-14-44-27(36-21)15-7-10-38(11-8-15)22(40)13-39-20(25(32)33)12-19(37-39)24(30)31/h1-6,9,12,14-15,24-25H,7-8,10-11,13H2,(H,35,41). The summed E-state index contributed by atoms with van der Waals surface area (Å²) in [6, 6.07) is 9.79. The topological polar surface area (TPSA) is 119 Å². The summed E-state index contributed by atoms with van der Waals surface area (Å²) < 4.78 is 58.5. The first-order chi connectivity index (χ1) is 21.1. The Morgan fingerprint density at radius 3 is 2.52 bits per heavy atom. The highest BCUT2D eigenvalue weighted by Crippen LogP contribution is 2.33. The molecule has 2 amide bonds. The second-order valence-electron chi connectivity index (χ2n) is 9.65. The molecule has 3 aromatic heterocycles. The lowest BCUT2D eigenvalue weighted by Gasteiger charge is -2.31. The van der Waals surface area contributed by atoms with Gasteiger partial charge in [-0.15, -0.1) is 11.3 Å². The van der Waals surface area contributed by atoms with Crippen LogP contribution in [0.2, 0.25) is 5.02 Å². The van der Waals surface area contributed by atoms with Crippen molar-refractivity contribution >= 4 is 46.5 Å². The molecule has 4 heterocycles. The van der Waals surface area contributed by atoms with Gasteiger partial charge in [0.05, 0.1) is 15.6 Å². The van der Waals surface area contributed by atoms with E-state index >= 15 is 0 Å². The van der Waals surface area contributed by atoms with Gasteiger partial charge in [-0.25, -0.2) is 32.3 Å². The lowest BCUT2D eigenvalue weighted by molar-refractivity contribution is -0.133. The van der Waals surface area contributed by atoms with Crippen LogP contribution in [0.25, 0.3) is 0 Å². The zero-order valence-electron chi connectivity index (χ0n) is 22.6. The molecule has 0 unspecified atom stereocenters. The molecule has 1 aliphatic rings. The third-order valence-electron chi connectivity index (χ3n) is 6.80. The quantitative estimate of drug-likeness (QED) is 0.131. The number of thiazole rings is 1. The van der Waals surface area contributed by atoms with Gasteiger partial charge < -0.3 is 15.0 Å². The second kappa shape index (κ2) is 13.5. The molecule has 0 radical (unpaired) electrons. The fourth-order valence-electron chi connectivity index (χ4n) is 4.60. The molecular formula is C28H23ClF4N6O4S. The van der Waals surface area contributed by atoms with Crippen molar-refractivity contribution in [1.82, 2.24) is 24.6 Å². The summed E-state index contributed by atoms with van der Waals surface area (Å²) in [6.45, 7) is 0.0176. The molecule has 1 aliphatic heterocycles. The zero-order chi connectivity index (χ0) is 31.4. The fourth-order valence-corrected chi connectivity index (χ4v) is 5.74. The van der Waals surface area contributed by atoms with E-state index in [9.17, 15) is 31.9 Å². The molecule has 1 aromatic carbocycles. The molecular weight excluding hydrogens is 628 g/mol. The number of nitrogens with zero attached hydrogens (tertiary/aromatic N) is 5.